The van der Waals surface area contributed by atoms with Crippen LogP contribution < -0.4 is 0 Å². The van der Waals surface area contributed by atoms with Crippen molar-refractivity contribution in [2.45, 2.75) is 36.3 Å². The lowest BCUT2D eigenvalue weighted by Crippen LogP contribution is -2.18. The minimum Gasteiger partial charge on any atom is -0.353 e. The van der Waals surface area contributed by atoms with Gasteiger partial charge in [-0.2, -0.15) is 0 Å². The van der Waals surface area contributed by atoms with E-state index in [1.807, 2.05) is 26.0 Å². The summed E-state index contributed by atoms with van der Waals surface area (Å²) in [5, 5.41) is 0. The molecule has 0 saturated heterocycles. The lowest BCUT2D eigenvalue weighted by molar-refractivity contribution is -0.136. The van der Waals surface area contributed by atoms with Crippen molar-refractivity contribution >= 4 is 21.6 Å². The summed E-state index contributed by atoms with van der Waals surface area (Å²) in [6.45, 7) is 5.17. The number of hydrogen-bond acceptors (Lipinski definition) is 5. The molecule has 4 nitrogen and oxygen atoms in total. The number of hydrogen-bond donors (Lipinski definition) is 0. The summed E-state index contributed by atoms with van der Waals surface area (Å²) in [7, 11) is -3.12. The predicted molar refractivity (Wildman–Crippen MR) is 81.9 cm³/mol. The van der Waals surface area contributed by atoms with E-state index in [9.17, 15) is 8.42 Å². The van der Waals surface area contributed by atoms with Crippen LogP contribution in [0.25, 0.3) is 0 Å². The molecule has 0 aliphatic rings. The topological polar surface area (TPSA) is 52.6 Å². The van der Waals surface area contributed by atoms with Crippen molar-refractivity contribution in [2.24, 2.45) is 0 Å². The maximum absolute atomic E-state index is 11.4. The van der Waals surface area contributed by atoms with Gasteiger partial charge in [0.25, 0.3) is 0 Å². The second-order valence-electron chi connectivity index (χ2n) is 4.22. The highest BCUT2D eigenvalue weighted by molar-refractivity contribution is 7.99. The van der Waals surface area contributed by atoms with Crippen LogP contribution in [0, 0.1) is 0 Å². The number of ether oxygens (including phenoxy) is 2. The average Bonchev–Trinajstić information content (AvgIpc) is 2.39. The zero-order chi connectivity index (χ0) is 15.0. The minimum atomic E-state index is -3.12. The molecule has 0 fully saturated rings. The van der Waals surface area contributed by atoms with E-state index in [0.29, 0.717) is 18.1 Å². The van der Waals surface area contributed by atoms with Crippen LogP contribution in [0.2, 0.25) is 0 Å². The van der Waals surface area contributed by atoms with E-state index >= 15 is 0 Å². The monoisotopic (exact) mass is 318 g/mol. The minimum absolute atomic E-state index is 0.159. The fourth-order valence-electron chi connectivity index (χ4n) is 1.64. The maximum atomic E-state index is 11.4. The summed E-state index contributed by atoms with van der Waals surface area (Å²) in [6, 6.07) is 6.94. The molecule has 0 bridgehead atoms. The Kier molecular flexibility index (Phi) is 7.58. The molecule has 0 amide bonds. The predicted octanol–water partition coefficient (Wildman–Crippen LogP) is 2.97. The molecule has 0 unspecified atom stereocenters. The van der Waals surface area contributed by atoms with Gasteiger partial charge in [0.1, 0.15) is 0 Å². The molecule has 0 aromatic heterocycles. The Morgan fingerprint density at radius 3 is 2.10 bits per heavy atom. The van der Waals surface area contributed by atoms with E-state index in [1.54, 1.807) is 23.9 Å². The zero-order valence-electron chi connectivity index (χ0n) is 12.2. The summed E-state index contributed by atoms with van der Waals surface area (Å²) in [4.78, 5) is 1.40. The molecule has 0 spiro atoms. The van der Waals surface area contributed by atoms with Crippen LogP contribution >= 0.6 is 11.8 Å². The number of rotatable bonds is 9. The number of thioether (sulfide) groups is 1. The molecule has 0 atom stereocenters. The molecule has 0 N–H and O–H groups in total. The lowest BCUT2D eigenvalue weighted by atomic mass is 10.4. The van der Waals surface area contributed by atoms with E-state index in [-0.39, 0.29) is 6.29 Å². The summed E-state index contributed by atoms with van der Waals surface area (Å²) in [6.07, 6.45) is 1.86. The van der Waals surface area contributed by atoms with Crippen LogP contribution in [-0.4, -0.2) is 39.9 Å². The van der Waals surface area contributed by atoms with E-state index in [1.165, 1.54) is 6.26 Å². The fourth-order valence-corrected chi connectivity index (χ4v) is 3.15. The molecule has 20 heavy (non-hydrogen) atoms. The van der Waals surface area contributed by atoms with Crippen LogP contribution in [0.3, 0.4) is 0 Å². The molecule has 1 aromatic carbocycles. The van der Waals surface area contributed by atoms with Gasteiger partial charge in [0.15, 0.2) is 16.1 Å². The fraction of sp³-hybridized carbons (Fsp3) is 0.571. The second kappa shape index (κ2) is 8.67. The van der Waals surface area contributed by atoms with Gasteiger partial charge in [-0.15, -0.1) is 11.8 Å². The number of benzene rings is 1. The van der Waals surface area contributed by atoms with Gasteiger partial charge in [-0.05, 0) is 38.1 Å². The molecule has 1 rings (SSSR count). The molecular weight excluding hydrogens is 296 g/mol. The van der Waals surface area contributed by atoms with Crippen molar-refractivity contribution in [3.05, 3.63) is 24.3 Å². The van der Waals surface area contributed by atoms with Gasteiger partial charge < -0.3 is 9.47 Å². The molecule has 0 aliphatic heterocycles. The Labute approximate surface area is 125 Å². The second-order valence-corrected chi connectivity index (χ2v) is 7.41. The van der Waals surface area contributed by atoms with Crippen molar-refractivity contribution in [1.29, 1.82) is 0 Å². The molecule has 0 heterocycles. The highest BCUT2D eigenvalue weighted by Gasteiger charge is 2.09. The molecule has 6 heteroatoms. The molecule has 0 saturated carbocycles. The highest BCUT2D eigenvalue weighted by Crippen LogP contribution is 2.22. The third-order valence-electron chi connectivity index (χ3n) is 2.58. The standard InChI is InChI=1S/C14H22O4S2/c1-4-17-14(18-5-2)10-11-19-12-6-8-13(9-7-12)20(3,15)16/h6-9,14H,4-5,10-11H2,1-3H3. The van der Waals surface area contributed by atoms with Crippen molar-refractivity contribution in [3.63, 3.8) is 0 Å². The lowest BCUT2D eigenvalue weighted by Gasteiger charge is -2.16. The SMILES string of the molecule is CCOC(CCSc1ccc(S(C)(=O)=O)cc1)OCC. The first kappa shape index (κ1) is 17.5. The quantitative estimate of drug-likeness (QED) is 0.517. The summed E-state index contributed by atoms with van der Waals surface area (Å²) in [5.74, 6) is 0.864. The Balaban J connectivity index is 2.45. The van der Waals surface area contributed by atoms with Crippen LogP contribution in [0.5, 0.6) is 0 Å². The molecule has 0 aliphatic carbocycles. The first-order valence-corrected chi connectivity index (χ1v) is 9.51. The largest absolute Gasteiger partial charge is 0.353 e. The third kappa shape index (κ3) is 6.26. The van der Waals surface area contributed by atoms with Gasteiger partial charge in [0.05, 0.1) is 4.90 Å². The van der Waals surface area contributed by atoms with Gasteiger partial charge in [-0.1, -0.05) is 0 Å². The van der Waals surface area contributed by atoms with Gasteiger partial charge in [0.2, 0.25) is 0 Å². The van der Waals surface area contributed by atoms with E-state index in [4.69, 9.17) is 9.47 Å². The Morgan fingerprint density at radius 1 is 1.10 bits per heavy atom. The molecular formula is C14H22O4S2. The van der Waals surface area contributed by atoms with Gasteiger partial charge in [-0.25, -0.2) is 8.42 Å². The van der Waals surface area contributed by atoms with Crippen LogP contribution in [-0.2, 0) is 19.3 Å². The van der Waals surface area contributed by atoms with Crippen LogP contribution in [0.1, 0.15) is 20.3 Å². The Bertz CT molecular complexity index is 476. The van der Waals surface area contributed by atoms with Gasteiger partial charge in [0, 0.05) is 36.5 Å². The molecule has 114 valence electrons. The molecule has 1 aromatic rings. The highest BCUT2D eigenvalue weighted by atomic mass is 32.2. The van der Waals surface area contributed by atoms with Crippen LogP contribution in [0.4, 0.5) is 0 Å². The summed E-state index contributed by atoms with van der Waals surface area (Å²) in [5.41, 5.74) is 0. The Hall–Kier alpha value is -0.560. The van der Waals surface area contributed by atoms with Crippen LogP contribution in [0.15, 0.2) is 34.1 Å². The van der Waals surface area contributed by atoms with Gasteiger partial charge >= 0.3 is 0 Å². The first-order valence-electron chi connectivity index (χ1n) is 6.63. The maximum Gasteiger partial charge on any atom is 0.175 e. The Morgan fingerprint density at radius 2 is 1.65 bits per heavy atom. The smallest absolute Gasteiger partial charge is 0.175 e. The van der Waals surface area contributed by atoms with E-state index in [2.05, 4.69) is 0 Å². The summed E-state index contributed by atoms with van der Waals surface area (Å²) < 4.78 is 33.6. The van der Waals surface area contributed by atoms with Crippen molar-refractivity contribution < 1.29 is 17.9 Å². The van der Waals surface area contributed by atoms with Crippen molar-refractivity contribution in [3.8, 4) is 0 Å². The van der Waals surface area contributed by atoms with Gasteiger partial charge in [-0.3, -0.25) is 0 Å². The van der Waals surface area contributed by atoms with Crippen molar-refractivity contribution in [2.75, 3.05) is 25.2 Å². The molecule has 0 radical (unpaired) electrons. The summed E-state index contributed by atoms with van der Waals surface area (Å²) >= 11 is 1.66. The average molecular weight is 318 g/mol. The zero-order valence-corrected chi connectivity index (χ0v) is 13.8. The number of sulfone groups is 1. The van der Waals surface area contributed by atoms with E-state index < -0.39 is 9.84 Å². The first-order chi connectivity index (χ1) is 9.47. The normalized spacial score (nSPS) is 12.0. The third-order valence-corrected chi connectivity index (χ3v) is 4.75. The van der Waals surface area contributed by atoms with Crippen molar-refractivity contribution in [1.82, 2.24) is 0 Å². The van der Waals surface area contributed by atoms with E-state index in [0.717, 1.165) is 17.1 Å².